The predicted octanol–water partition coefficient (Wildman–Crippen LogP) is 1.45. The van der Waals surface area contributed by atoms with Gasteiger partial charge in [-0.3, -0.25) is 0 Å². The summed E-state index contributed by atoms with van der Waals surface area (Å²) in [7, 11) is 3.57. The Balaban J connectivity index is 2.00. The van der Waals surface area contributed by atoms with Crippen molar-refractivity contribution in [3.05, 3.63) is 35.4 Å². The van der Waals surface area contributed by atoms with Crippen molar-refractivity contribution < 1.29 is 8.78 Å². The molecule has 0 aliphatic rings. The van der Waals surface area contributed by atoms with Gasteiger partial charge in [0.2, 0.25) is 17.8 Å². The first-order valence-corrected chi connectivity index (χ1v) is 6.32. The number of hydrogen-bond donors (Lipinski definition) is 2. The molecule has 0 saturated heterocycles. The highest BCUT2D eigenvalue weighted by molar-refractivity contribution is 5.40. The van der Waals surface area contributed by atoms with E-state index >= 15 is 0 Å². The standard InChI is InChI=1S/C13H16F2N6/c1-21(2)13-19-11(16)18-12(20-13)17-4-3-8-5-9(14)7-10(15)6-8/h5-7H,3-4H2,1-2H3,(H3,16,17,18,19,20). The molecule has 0 unspecified atom stereocenters. The van der Waals surface area contributed by atoms with Crippen LogP contribution >= 0.6 is 0 Å². The van der Waals surface area contributed by atoms with Gasteiger partial charge in [0.25, 0.3) is 0 Å². The van der Waals surface area contributed by atoms with E-state index in [2.05, 4.69) is 20.3 Å². The van der Waals surface area contributed by atoms with E-state index in [1.54, 1.807) is 19.0 Å². The van der Waals surface area contributed by atoms with E-state index in [0.29, 0.717) is 30.4 Å². The van der Waals surface area contributed by atoms with Crippen molar-refractivity contribution in [3.63, 3.8) is 0 Å². The molecular weight excluding hydrogens is 278 g/mol. The first kappa shape index (κ1) is 14.9. The quantitative estimate of drug-likeness (QED) is 0.869. The molecule has 0 amide bonds. The topological polar surface area (TPSA) is 80.0 Å². The summed E-state index contributed by atoms with van der Waals surface area (Å²) >= 11 is 0. The average molecular weight is 294 g/mol. The van der Waals surface area contributed by atoms with Gasteiger partial charge in [0.1, 0.15) is 11.6 Å². The molecule has 0 spiro atoms. The number of aromatic nitrogens is 3. The Bertz CT molecular complexity index is 612. The summed E-state index contributed by atoms with van der Waals surface area (Å²) < 4.78 is 26.1. The van der Waals surface area contributed by atoms with Gasteiger partial charge in [-0.1, -0.05) is 0 Å². The number of halogens is 2. The van der Waals surface area contributed by atoms with Crippen LogP contribution < -0.4 is 16.0 Å². The van der Waals surface area contributed by atoms with E-state index in [0.717, 1.165) is 6.07 Å². The van der Waals surface area contributed by atoms with Crippen LogP contribution in [0, 0.1) is 11.6 Å². The highest BCUT2D eigenvalue weighted by Crippen LogP contribution is 2.11. The minimum atomic E-state index is -0.593. The summed E-state index contributed by atoms with van der Waals surface area (Å²) in [4.78, 5) is 13.8. The maximum atomic E-state index is 13.1. The average Bonchev–Trinajstić information content (AvgIpc) is 2.36. The fourth-order valence-corrected chi connectivity index (χ4v) is 1.73. The molecule has 112 valence electrons. The first-order valence-electron chi connectivity index (χ1n) is 6.32. The first-order chi connectivity index (χ1) is 9.94. The maximum Gasteiger partial charge on any atom is 0.231 e. The molecule has 3 N–H and O–H groups in total. The van der Waals surface area contributed by atoms with Crippen molar-refractivity contribution in [2.45, 2.75) is 6.42 Å². The van der Waals surface area contributed by atoms with E-state index in [4.69, 9.17) is 5.73 Å². The van der Waals surface area contributed by atoms with E-state index in [1.807, 2.05) is 0 Å². The van der Waals surface area contributed by atoms with Crippen LogP contribution in [0.4, 0.5) is 26.6 Å². The molecule has 21 heavy (non-hydrogen) atoms. The van der Waals surface area contributed by atoms with Crippen molar-refractivity contribution in [2.75, 3.05) is 36.6 Å². The lowest BCUT2D eigenvalue weighted by atomic mass is 10.1. The van der Waals surface area contributed by atoms with Crippen LogP contribution in [0.15, 0.2) is 18.2 Å². The van der Waals surface area contributed by atoms with Gasteiger partial charge < -0.3 is 16.0 Å². The van der Waals surface area contributed by atoms with Crippen LogP contribution in [0.1, 0.15) is 5.56 Å². The summed E-state index contributed by atoms with van der Waals surface area (Å²) in [6.45, 7) is 0.416. The summed E-state index contributed by atoms with van der Waals surface area (Å²) in [5, 5.41) is 2.95. The summed E-state index contributed by atoms with van der Waals surface area (Å²) in [5.41, 5.74) is 6.14. The number of nitrogens with two attached hydrogens (primary N) is 1. The fourth-order valence-electron chi connectivity index (χ4n) is 1.73. The molecule has 1 heterocycles. The molecule has 0 aliphatic heterocycles. The molecular formula is C13H16F2N6. The van der Waals surface area contributed by atoms with Crippen LogP contribution in [0.25, 0.3) is 0 Å². The zero-order valence-electron chi connectivity index (χ0n) is 11.8. The van der Waals surface area contributed by atoms with Crippen molar-refractivity contribution in [1.82, 2.24) is 15.0 Å². The second-order valence-electron chi connectivity index (χ2n) is 4.67. The number of nitrogens with one attached hydrogen (secondary N) is 1. The Morgan fingerprint density at radius 3 is 2.38 bits per heavy atom. The van der Waals surface area contributed by atoms with Crippen LogP contribution in [0.5, 0.6) is 0 Å². The van der Waals surface area contributed by atoms with Crippen LogP contribution in [0.3, 0.4) is 0 Å². The Hall–Kier alpha value is -2.51. The Morgan fingerprint density at radius 2 is 1.76 bits per heavy atom. The lowest BCUT2D eigenvalue weighted by Crippen LogP contribution is -2.17. The third kappa shape index (κ3) is 4.23. The summed E-state index contributed by atoms with van der Waals surface area (Å²) in [5.74, 6) is -0.327. The Kier molecular flexibility index (Phi) is 4.46. The summed E-state index contributed by atoms with van der Waals surface area (Å²) in [6, 6.07) is 3.42. The fraction of sp³-hybridized carbons (Fsp3) is 0.308. The van der Waals surface area contributed by atoms with Crippen LogP contribution in [-0.2, 0) is 6.42 Å². The Labute approximate surface area is 121 Å². The number of nitrogens with zero attached hydrogens (tertiary/aromatic N) is 4. The van der Waals surface area contributed by atoms with E-state index in [1.165, 1.54) is 12.1 Å². The predicted molar refractivity (Wildman–Crippen MR) is 77.1 cm³/mol. The van der Waals surface area contributed by atoms with Crippen LogP contribution in [0.2, 0.25) is 0 Å². The molecule has 2 aromatic rings. The minimum absolute atomic E-state index is 0.105. The van der Waals surface area contributed by atoms with Gasteiger partial charge in [0, 0.05) is 26.7 Å². The monoisotopic (exact) mass is 294 g/mol. The third-order valence-electron chi connectivity index (χ3n) is 2.66. The zero-order chi connectivity index (χ0) is 15.4. The van der Waals surface area contributed by atoms with Gasteiger partial charge >= 0.3 is 0 Å². The molecule has 0 bridgehead atoms. The molecule has 0 aliphatic carbocycles. The van der Waals surface area contributed by atoms with Crippen molar-refractivity contribution in [2.24, 2.45) is 0 Å². The third-order valence-corrected chi connectivity index (χ3v) is 2.66. The molecule has 1 aromatic carbocycles. The highest BCUT2D eigenvalue weighted by Gasteiger charge is 2.06. The largest absolute Gasteiger partial charge is 0.368 e. The van der Waals surface area contributed by atoms with Gasteiger partial charge in [-0.2, -0.15) is 15.0 Å². The zero-order valence-corrected chi connectivity index (χ0v) is 11.8. The molecule has 0 radical (unpaired) electrons. The molecule has 8 heteroatoms. The number of nitrogen functional groups attached to an aromatic ring is 1. The number of anilines is 3. The van der Waals surface area contributed by atoms with E-state index < -0.39 is 11.6 Å². The molecule has 2 rings (SSSR count). The van der Waals surface area contributed by atoms with Gasteiger partial charge in [-0.05, 0) is 24.1 Å². The molecule has 0 atom stereocenters. The second-order valence-corrected chi connectivity index (χ2v) is 4.67. The lowest BCUT2D eigenvalue weighted by Gasteiger charge is -2.12. The van der Waals surface area contributed by atoms with Gasteiger partial charge in [0.15, 0.2) is 0 Å². The smallest absolute Gasteiger partial charge is 0.231 e. The second kappa shape index (κ2) is 6.29. The molecule has 0 saturated carbocycles. The van der Waals surface area contributed by atoms with Crippen molar-refractivity contribution in [1.29, 1.82) is 0 Å². The molecule has 1 aromatic heterocycles. The number of hydrogen-bond acceptors (Lipinski definition) is 6. The summed E-state index contributed by atoms with van der Waals surface area (Å²) in [6.07, 6.45) is 0.428. The number of benzene rings is 1. The minimum Gasteiger partial charge on any atom is -0.368 e. The SMILES string of the molecule is CN(C)c1nc(N)nc(NCCc2cc(F)cc(F)c2)n1. The Morgan fingerprint density at radius 1 is 1.10 bits per heavy atom. The van der Waals surface area contributed by atoms with Crippen molar-refractivity contribution in [3.8, 4) is 0 Å². The normalized spacial score (nSPS) is 10.5. The van der Waals surface area contributed by atoms with E-state index in [-0.39, 0.29) is 5.95 Å². The molecule has 6 nitrogen and oxygen atoms in total. The van der Waals surface area contributed by atoms with Gasteiger partial charge in [-0.15, -0.1) is 0 Å². The maximum absolute atomic E-state index is 13.1. The van der Waals surface area contributed by atoms with E-state index in [9.17, 15) is 8.78 Å². The van der Waals surface area contributed by atoms with Gasteiger partial charge in [0.05, 0.1) is 0 Å². The van der Waals surface area contributed by atoms with Crippen LogP contribution in [-0.4, -0.2) is 35.6 Å². The van der Waals surface area contributed by atoms with Gasteiger partial charge in [-0.25, -0.2) is 8.78 Å². The van der Waals surface area contributed by atoms with Crippen molar-refractivity contribution >= 4 is 17.8 Å². The highest BCUT2D eigenvalue weighted by atomic mass is 19.1. The number of rotatable bonds is 5. The molecule has 0 fully saturated rings. The lowest BCUT2D eigenvalue weighted by molar-refractivity contribution is 0.580.